The highest BCUT2D eigenvalue weighted by Gasteiger charge is 2.72. The highest BCUT2D eigenvalue weighted by molar-refractivity contribution is 7.19. The number of carbonyl (C=O) groups excluding carboxylic acids is 3. The summed E-state index contributed by atoms with van der Waals surface area (Å²) in [6, 6.07) is 6.94. The van der Waals surface area contributed by atoms with Crippen molar-refractivity contribution < 1.29 is 23.2 Å². The van der Waals surface area contributed by atoms with E-state index in [1.54, 1.807) is 25.3 Å². The van der Waals surface area contributed by atoms with Gasteiger partial charge >= 0.3 is 0 Å². The summed E-state index contributed by atoms with van der Waals surface area (Å²) in [6.45, 7) is 4.89. The fourth-order valence-electron chi connectivity index (χ4n) is 5.83. The van der Waals surface area contributed by atoms with Crippen LogP contribution in [0.25, 0.3) is 21.5 Å². The van der Waals surface area contributed by atoms with Gasteiger partial charge in [-0.05, 0) is 36.1 Å². The normalized spacial score (nSPS) is 22.6. The summed E-state index contributed by atoms with van der Waals surface area (Å²) < 4.78 is 28.5. The molecule has 39 heavy (non-hydrogen) atoms. The van der Waals surface area contributed by atoms with Crippen molar-refractivity contribution in [2.45, 2.75) is 39.7 Å². The Hall–Kier alpha value is -3.49. The standard InChI is InChI=1S/C27H23F2N5O3S.ClH/c1-13-8-14(10-30)32-21(18(13)23(35)33-7-5-27(28,29)12-33)16-4-6-31-17-9-15(38-22(16)17)11-34-24(36)19-20(25(34)37)26(19,2)3;/h4,6,8-9,19-20H,5,7,11-12H2,1-3H3;1H. The van der Waals surface area contributed by atoms with E-state index < -0.39 is 24.8 Å². The minimum absolute atomic E-state index is 0. The first kappa shape index (κ1) is 27.1. The van der Waals surface area contributed by atoms with Crippen molar-refractivity contribution in [3.63, 3.8) is 0 Å². The first-order chi connectivity index (χ1) is 17.9. The predicted octanol–water partition coefficient (Wildman–Crippen LogP) is 4.58. The molecule has 12 heteroatoms. The second-order valence-electron chi connectivity index (χ2n) is 10.8. The topological polar surface area (TPSA) is 107 Å². The zero-order valence-electron chi connectivity index (χ0n) is 21.3. The van der Waals surface area contributed by atoms with Crippen LogP contribution in [0.15, 0.2) is 24.4 Å². The summed E-state index contributed by atoms with van der Waals surface area (Å²) in [7, 11) is 0. The van der Waals surface area contributed by atoms with Gasteiger partial charge in [0, 0.05) is 29.6 Å². The summed E-state index contributed by atoms with van der Waals surface area (Å²) in [5, 5.41) is 9.55. The molecule has 6 rings (SSSR count). The van der Waals surface area contributed by atoms with Gasteiger partial charge < -0.3 is 4.90 Å². The van der Waals surface area contributed by atoms with Crippen molar-refractivity contribution in [1.29, 1.82) is 5.26 Å². The van der Waals surface area contributed by atoms with E-state index in [4.69, 9.17) is 0 Å². The van der Waals surface area contributed by atoms with Gasteiger partial charge in [-0.2, -0.15) is 5.26 Å². The van der Waals surface area contributed by atoms with Crippen molar-refractivity contribution in [2.24, 2.45) is 17.3 Å². The first-order valence-electron chi connectivity index (χ1n) is 12.2. The molecule has 0 spiro atoms. The van der Waals surface area contributed by atoms with Crippen LogP contribution in [0.1, 0.15) is 46.8 Å². The number of rotatable bonds is 4. The van der Waals surface area contributed by atoms with Crippen LogP contribution in [0.3, 0.4) is 0 Å². The third kappa shape index (κ3) is 4.17. The van der Waals surface area contributed by atoms with Gasteiger partial charge in [0.25, 0.3) is 11.8 Å². The Bertz CT molecular complexity index is 1590. The first-order valence-corrected chi connectivity index (χ1v) is 13.1. The minimum atomic E-state index is -2.95. The van der Waals surface area contributed by atoms with Crippen LogP contribution in [-0.4, -0.2) is 56.5 Å². The fourth-order valence-corrected chi connectivity index (χ4v) is 6.95. The average Bonchev–Trinajstić information content (AvgIpc) is 3.20. The van der Waals surface area contributed by atoms with Crippen LogP contribution in [-0.2, 0) is 16.1 Å². The molecule has 8 nitrogen and oxygen atoms in total. The number of likely N-dealkylation sites (tertiary alicyclic amines) is 2. The summed E-state index contributed by atoms with van der Waals surface area (Å²) in [4.78, 5) is 51.1. The second kappa shape index (κ2) is 9.03. The number of nitriles is 1. The van der Waals surface area contributed by atoms with E-state index in [0.717, 1.165) is 9.78 Å². The average molecular weight is 572 g/mol. The van der Waals surface area contributed by atoms with Crippen molar-refractivity contribution >= 4 is 51.7 Å². The van der Waals surface area contributed by atoms with Crippen LogP contribution >= 0.6 is 23.7 Å². The molecule has 3 aromatic heterocycles. The molecule has 0 bridgehead atoms. The van der Waals surface area contributed by atoms with E-state index in [9.17, 15) is 28.4 Å². The van der Waals surface area contributed by atoms with Gasteiger partial charge in [0.2, 0.25) is 11.8 Å². The Morgan fingerprint density at radius 2 is 1.92 bits per heavy atom. The van der Waals surface area contributed by atoms with Crippen LogP contribution in [0.4, 0.5) is 8.78 Å². The van der Waals surface area contributed by atoms with E-state index in [-0.39, 0.29) is 71.5 Å². The number of amides is 3. The number of hydrogen-bond donors (Lipinski definition) is 0. The summed E-state index contributed by atoms with van der Waals surface area (Å²) in [5.74, 6) is -4.38. The van der Waals surface area contributed by atoms with Crippen molar-refractivity contribution in [2.75, 3.05) is 13.1 Å². The number of aryl methyl sites for hydroxylation is 1. The van der Waals surface area contributed by atoms with Gasteiger partial charge in [0.05, 0.1) is 46.4 Å². The Balaban J connectivity index is 0.00000308. The maximum absolute atomic E-state index is 13.9. The smallest absolute Gasteiger partial charge is 0.267 e. The lowest BCUT2D eigenvalue weighted by Gasteiger charge is -2.20. The summed E-state index contributed by atoms with van der Waals surface area (Å²) >= 11 is 1.32. The molecule has 0 aromatic carbocycles. The zero-order chi connectivity index (χ0) is 27.1. The molecular formula is C27H24ClF2N5O3S. The van der Waals surface area contributed by atoms with E-state index >= 15 is 0 Å². The molecule has 2 saturated heterocycles. The molecule has 3 aliphatic rings. The van der Waals surface area contributed by atoms with E-state index in [1.165, 1.54) is 22.3 Å². The van der Waals surface area contributed by atoms with Gasteiger partial charge in [-0.25, -0.2) is 13.8 Å². The molecule has 202 valence electrons. The Morgan fingerprint density at radius 3 is 2.54 bits per heavy atom. The van der Waals surface area contributed by atoms with Crippen molar-refractivity contribution in [3.05, 3.63) is 46.1 Å². The van der Waals surface area contributed by atoms with Gasteiger partial charge in [0.15, 0.2) is 0 Å². The van der Waals surface area contributed by atoms with Crippen LogP contribution in [0.2, 0.25) is 0 Å². The summed E-state index contributed by atoms with van der Waals surface area (Å²) in [5.41, 5.74) is 1.76. The number of piperidine rings is 1. The van der Waals surface area contributed by atoms with E-state index in [0.29, 0.717) is 21.3 Å². The van der Waals surface area contributed by atoms with Crippen LogP contribution in [0, 0.1) is 35.5 Å². The Kier molecular flexibility index (Phi) is 6.27. The minimum Gasteiger partial charge on any atom is -0.332 e. The number of aromatic nitrogens is 2. The lowest BCUT2D eigenvalue weighted by Crippen LogP contribution is -2.35. The number of hydrogen-bond acceptors (Lipinski definition) is 7. The molecule has 2 aliphatic heterocycles. The third-order valence-corrected chi connectivity index (χ3v) is 9.07. The molecule has 1 aliphatic carbocycles. The van der Waals surface area contributed by atoms with Crippen molar-refractivity contribution in [1.82, 2.24) is 19.8 Å². The second-order valence-corrected chi connectivity index (χ2v) is 12.0. The molecule has 3 amide bonds. The highest BCUT2D eigenvalue weighted by atomic mass is 35.5. The largest absolute Gasteiger partial charge is 0.332 e. The molecule has 0 N–H and O–H groups in total. The number of alkyl halides is 2. The number of fused-ring (bicyclic) bond motifs is 2. The molecule has 3 fully saturated rings. The number of nitrogens with zero attached hydrogens (tertiary/aromatic N) is 5. The van der Waals surface area contributed by atoms with E-state index in [2.05, 4.69) is 9.97 Å². The lowest BCUT2D eigenvalue weighted by atomic mass is 9.99. The Labute approximate surface area is 233 Å². The SMILES string of the molecule is Cc1cc(C#N)nc(-c2ccnc3cc(CN4C(=O)C5C(C4=O)C5(C)C)sc23)c1C(=O)N1CCC(F)(F)C1.Cl. The molecule has 5 heterocycles. The lowest BCUT2D eigenvalue weighted by molar-refractivity contribution is -0.143. The number of imide groups is 1. The maximum Gasteiger partial charge on any atom is 0.267 e. The Morgan fingerprint density at radius 1 is 1.23 bits per heavy atom. The maximum atomic E-state index is 13.9. The molecule has 2 atom stereocenters. The molecule has 0 radical (unpaired) electrons. The van der Waals surface area contributed by atoms with Crippen LogP contribution in [0.5, 0.6) is 0 Å². The number of pyridine rings is 2. The number of thiophene rings is 1. The van der Waals surface area contributed by atoms with Gasteiger partial charge in [0.1, 0.15) is 11.8 Å². The molecule has 3 aromatic rings. The fraction of sp³-hybridized carbons (Fsp3) is 0.407. The van der Waals surface area contributed by atoms with Crippen LogP contribution < -0.4 is 0 Å². The van der Waals surface area contributed by atoms with E-state index in [1.807, 2.05) is 19.9 Å². The summed E-state index contributed by atoms with van der Waals surface area (Å²) in [6.07, 6.45) is 1.14. The number of carbonyl (C=O) groups is 3. The van der Waals surface area contributed by atoms with Crippen molar-refractivity contribution in [3.8, 4) is 17.3 Å². The predicted molar refractivity (Wildman–Crippen MR) is 141 cm³/mol. The third-order valence-electron chi connectivity index (χ3n) is 7.93. The quantitative estimate of drug-likeness (QED) is 0.424. The van der Waals surface area contributed by atoms with Gasteiger partial charge in [-0.3, -0.25) is 24.3 Å². The molecule has 2 unspecified atom stereocenters. The number of halogens is 3. The van der Waals surface area contributed by atoms with Gasteiger partial charge in [-0.15, -0.1) is 23.7 Å². The van der Waals surface area contributed by atoms with Gasteiger partial charge in [-0.1, -0.05) is 13.8 Å². The molecule has 1 saturated carbocycles. The monoisotopic (exact) mass is 571 g/mol. The zero-order valence-corrected chi connectivity index (χ0v) is 23.0. The molecular weight excluding hydrogens is 548 g/mol. The highest BCUT2D eigenvalue weighted by Crippen LogP contribution is 2.63.